The van der Waals surface area contributed by atoms with Crippen molar-refractivity contribution in [2.24, 2.45) is 11.3 Å². The van der Waals surface area contributed by atoms with Crippen LogP contribution in [-0.2, 0) is 39.3 Å². The normalized spacial score (nSPS) is 17.9. The largest absolute Gasteiger partial charge is 0.298 e. The molecule has 0 N–H and O–H groups in total. The minimum Gasteiger partial charge on any atom is -0.298 e. The van der Waals surface area contributed by atoms with Gasteiger partial charge in [0, 0.05) is 52.7 Å². The van der Waals surface area contributed by atoms with Gasteiger partial charge in [0.15, 0.2) is 27.1 Å². The molecule has 0 amide bonds. The summed E-state index contributed by atoms with van der Waals surface area (Å²) in [5, 5.41) is 12.2. The molecule has 5 aromatic rings. The van der Waals surface area contributed by atoms with Gasteiger partial charge in [-0.15, -0.1) is 10.2 Å². The molecule has 0 radical (unpaired) electrons. The number of halogens is 7. The van der Waals surface area contributed by atoms with Crippen LogP contribution in [0.25, 0.3) is 16.8 Å². The van der Waals surface area contributed by atoms with Gasteiger partial charge >= 0.3 is 0 Å². The van der Waals surface area contributed by atoms with Crippen LogP contribution in [0.1, 0.15) is 91.6 Å². The minimum atomic E-state index is -3.58. The Hall–Kier alpha value is -4.75. The lowest BCUT2D eigenvalue weighted by Gasteiger charge is -2.21. The number of hydrogen-bond donors (Lipinski definition) is 0. The average molecular weight is 803 g/mol. The number of rotatable bonds is 11. The third-order valence-electron chi connectivity index (χ3n) is 9.50. The quantitative estimate of drug-likeness (QED) is 0.0756. The lowest BCUT2D eigenvalue weighted by Crippen LogP contribution is -2.24. The number of pyridine rings is 2. The van der Waals surface area contributed by atoms with E-state index in [1.54, 1.807) is 18.2 Å². The SMILES string of the molecule is CC(C)(C)C#Cc1ccc(-c2ccc(Cl)n3c(CS(C)(=O)=O)nnc23)c([C@@H](CC(=O)Cn2nc(C(F)F)c3c2C(F)(F)[C@@H]2C[C@H]32)Cc2cc(F)cc(F)c2)n1. The van der Waals surface area contributed by atoms with Crippen molar-refractivity contribution in [2.45, 2.75) is 76.5 Å². The van der Waals surface area contributed by atoms with Crippen LogP contribution in [0.4, 0.5) is 26.3 Å². The number of nitrogens with zero attached hydrogens (tertiary/aromatic N) is 6. The van der Waals surface area contributed by atoms with E-state index in [2.05, 4.69) is 27.1 Å². The van der Waals surface area contributed by atoms with Crippen LogP contribution in [0, 0.1) is 34.8 Å². The summed E-state index contributed by atoms with van der Waals surface area (Å²) in [6.07, 6.45) is -2.70. The molecule has 2 aliphatic carbocycles. The monoisotopic (exact) mass is 802 g/mol. The topological polar surface area (TPSA) is 112 Å². The summed E-state index contributed by atoms with van der Waals surface area (Å²) in [5.41, 5.74) is -0.690. The first-order valence-electron chi connectivity index (χ1n) is 17.2. The molecular weight excluding hydrogens is 770 g/mol. The number of alkyl halides is 4. The van der Waals surface area contributed by atoms with E-state index in [1.165, 1.54) is 10.5 Å². The Morgan fingerprint density at radius 2 is 1.73 bits per heavy atom. The molecule has 4 aromatic heterocycles. The molecule has 17 heteroatoms. The summed E-state index contributed by atoms with van der Waals surface area (Å²) in [6.45, 7) is 4.88. The van der Waals surface area contributed by atoms with E-state index in [-0.39, 0.29) is 52.0 Å². The Balaban J connectivity index is 1.37. The third-order valence-corrected chi connectivity index (χ3v) is 10.6. The maximum atomic E-state index is 15.4. The first-order valence-corrected chi connectivity index (χ1v) is 19.6. The van der Waals surface area contributed by atoms with Crippen LogP contribution in [0.3, 0.4) is 0 Å². The first kappa shape index (κ1) is 38.5. The van der Waals surface area contributed by atoms with E-state index in [9.17, 15) is 30.8 Å². The number of sulfone groups is 1. The molecule has 1 fully saturated rings. The molecule has 4 heterocycles. The Morgan fingerprint density at radius 3 is 2.38 bits per heavy atom. The summed E-state index contributed by atoms with van der Waals surface area (Å²) in [6, 6.07) is 9.19. The van der Waals surface area contributed by atoms with Gasteiger partial charge in [-0.2, -0.15) is 13.9 Å². The third kappa shape index (κ3) is 7.73. The number of benzene rings is 1. The number of carbonyl (C=O) groups excluding carboxylic acids is 1. The Kier molecular flexibility index (Phi) is 9.64. The average Bonchev–Trinajstić information content (AvgIpc) is 3.54. The van der Waals surface area contributed by atoms with Crippen LogP contribution in [-0.4, -0.2) is 49.8 Å². The van der Waals surface area contributed by atoms with E-state index >= 15 is 8.78 Å². The summed E-state index contributed by atoms with van der Waals surface area (Å²) in [4.78, 5) is 18.8. The van der Waals surface area contributed by atoms with Gasteiger partial charge in [0.05, 0.1) is 5.69 Å². The Bertz CT molecular complexity index is 2530. The number of ketones is 1. The molecule has 0 bridgehead atoms. The molecule has 1 saturated carbocycles. The first-order chi connectivity index (χ1) is 25.7. The van der Waals surface area contributed by atoms with E-state index < -0.39 is 92.9 Å². The van der Waals surface area contributed by atoms with Crippen LogP contribution in [0.15, 0.2) is 42.5 Å². The fraction of sp³-hybridized carbons (Fsp3) is 0.395. The van der Waals surface area contributed by atoms with Crippen molar-refractivity contribution in [2.75, 3.05) is 6.26 Å². The summed E-state index contributed by atoms with van der Waals surface area (Å²) in [7, 11) is -3.58. The molecule has 0 spiro atoms. The van der Waals surface area contributed by atoms with E-state index in [4.69, 9.17) is 16.6 Å². The molecule has 0 unspecified atom stereocenters. The van der Waals surface area contributed by atoms with Gasteiger partial charge in [-0.1, -0.05) is 17.5 Å². The van der Waals surface area contributed by atoms with Crippen molar-refractivity contribution in [1.29, 1.82) is 0 Å². The highest BCUT2D eigenvalue weighted by Crippen LogP contribution is 2.68. The van der Waals surface area contributed by atoms with Crippen LogP contribution < -0.4 is 0 Å². The van der Waals surface area contributed by atoms with E-state index in [1.807, 2.05) is 20.8 Å². The zero-order valence-electron chi connectivity index (χ0n) is 29.8. The zero-order chi connectivity index (χ0) is 39.8. The Labute approximate surface area is 317 Å². The highest BCUT2D eigenvalue weighted by Gasteiger charge is 2.67. The van der Waals surface area contributed by atoms with Crippen LogP contribution in [0.5, 0.6) is 0 Å². The molecule has 288 valence electrons. The van der Waals surface area contributed by atoms with Crippen LogP contribution >= 0.6 is 11.6 Å². The van der Waals surface area contributed by atoms with Crippen molar-refractivity contribution in [3.63, 3.8) is 0 Å². The van der Waals surface area contributed by atoms with Gasteiger partial charge in [0.25, 0.3) is 12.3 Å². The standard InChI is InChI=1S/C38H33ClF6N6O3S/c1-37(2,3)10-9-23-5-6-25(26-7-8-29(39)51-30(18-55(4,53)54)47-48-36(26)51)32(46-23)20(11-19-12-21(40)15-22(41)13-19)14-24(52)17-50-34-31(33(49-50)35(42)43)27-16-28(27)38(34,44)45/h5-8,12-13,15,20,27-28,35H,11,14,16-18H2,1-4H3/t20-,27+,28-/m1/s1. The minimum absolute atomic E-state index is 0.0258. The number of aromatic nitrogens is 6. The maximum absolute atomic E-state index is 15.4. The summed E-state index contributed by atoms with van der Waals surface area (Å²) >= 11 is 6.51. The number of Topliss-reactive ketones (excluding diaryl/α,β-unsaturated/α-hetero) is 1. The van der Waals surface area contributed by atoms with Crippen molar-refractivity contribution < 1.29 is 39.6 Å². The second-order valence-electron chi connectivity index (χ2n) is 15.1. The number of carbonyl (C=O) groups is 1. The van der Waals surface area contributed by atoms with E-state index in [0.29, 0.717) is 21.9 Å². The van der Waals surface area contributed by atoms with Gasteiger partial charge in [0.2, 0.25) is 0 Å². The van der Waals surface area contributed by atoms with Crippen LogP contribution in [0.2, 0.25) is 5.15 Å². The molecule has 0 aliphatic heterocycles. The maximum Gasteiger partial charge on any atom is 0.293 e. The highest BCUT2D eigenvalue weighted by molar-refractivity contribution is 7.89. The van der Waals surface area contributed by atoms with Crippen molar-refractivity contribution in [1.82, 2.24) is 29.4 Å². The molecular formula is C38H33ClF6N6O3S. The van der Waals surface area contributed by atoms with Crippen molar-refractivity contribution in [3.8, 4) is 23.0 Å². The lowest BCUT2D eigenvalue weighted by atomic mass is 9.86. The second kappa shape index (κ2) is 13.8. The van der Waals surface area contributed by atoms with E-state index in [0.717, 1.165) is 18.4 Å². The fourth-order valence-corrected chi connectivity index (χ4v) is 8.15. The smallest absolute Gasteiger partial charge is 0.293 e. The second-order valence-corrected chi connectivity index (χ2v) is 17.7. The zero-order valence-corrected chi connectivity index (χ0v) is 31.4. The molecule has 1 aromatic carbocycles. The van der Waals surface area contributed by atoms with Gasteiger partial charge < -0.3 is 0 Å². The van der Waals surface area contributed by atoms with Gasteiger partial charge in [0.1, 0.15) is 46.2 Å². The molecule has 7 rings (SSSR count). The fourth-order valence-electron chi connectivity index (χ4n) is 7.25. The number of fused-ring (bicyclic) bond motifs is 4. The lowest BCUT2D eigenvalue weighted by molar-refractivity contribution is -0.120. The molecule has 55 heavy (non-hydrogen) atoms. The molecule has 3 atom stereocenters. The van der Waals surface area contributed by atoms with Gasteiger partial charge in [-0.3, -0.25) is 13.9 Å². The summed E-state index contributed by atoms with van der Waals surface area (Å²) < 4.78 is 114. The Morgan fingerprint density at radius 1 is 1.04 bits per heavy atom. The number of hydrogen-bond acceptors (Lipinski definition) is 7. The molecule has 2 aliphatic rings. The van der Waals surface area contributed by atoms with Gasteiger partial charge in [-0.05, 0) is 87.4 Å². The highest BCUT2D eigenvalue weighted by atomic mass is 35.5. The van der Waals surface area contributed by atoms with Crippen molar-refractivity contribution in [3.05, 3.63) is 99.0 Å². The van der Waals surface area contributed by atoms with Crippen molar-refractivity contribution >= 4 is 32.9 Å². The molecule has 9 nitrogen and oxygen atoms in total. The molecule has 0 saturated heterocycles. The predicted octanol–water partition coefficient (Wildman–Crippen LogP) is 7.99. The van der Waals surface area contributed by atoms with Gasteiger partial charge in [-0.25, -0.2) is 31.0 Å². The summed E-state index contributed by atoms with van der Waals surface area (Å²) in [5.74, 6) is -3.18. The predicted molar refractivity (Wildman–Crippen MR) is 190 cm³/mol.